The van der Waals surface area contributed by atoms with Crippen LogP contribution in [0.25, 0.3) is 0 Å². The summed E-state index contributed by atoms with van der Waals surface area (Å²) in [4.78, 5) is 21.7. The zero-order valence-electron chi connectivity index (χ0n) is 15.0. The van der Waals surface area contributed by atoms with E-state index in [2.05, 4.69) is 18.7 Å². The van der Waals surface area contributed by atoms with Gasteiger partial charge in [0, 0.05) is 16.2 Å². The highest BCUT2D eigenvalue weighted by atomic mass is 32.2. The van der Waals surface area contributed by atoms with Crippen LogP contribution in [-0.2, 0) is 16.1 Å². The van der Waals surface area contributed by atoms with E-state index in [-0.39, 0.29) is 5.97 Å². The van der Waals surface area contributed by atoms with E-state index >= 15 is 0 Å². The molecule has 1 fully saturated rings. The van der Waals surface area contributed by atoms with Gasteiger partial charge in [0.1, 0.15) is 6.61 Å². The Labute approximate surface area is 159 Å². The fourth-order valence-corrected chi connectivity index (χ4v) is 4.34. The highest BCUT2D eigenvalue weighted by Crippen LogP contribution is 2.34. The number of ether oxygens (including phenoxy) is 1. The summed E-state index contributed by atoms with van der Waals surface area (Å²) in [6, 6.07) is 4.67. The van der Waals surface area contributed by atoms with E-state index in [1.165, 1.54) is 41.9 Å². The summed E-state index contributed by atoms with van der Waals surface area (Å²) in [5.41, 5.74) is 7.22. The lowest BCUT2D eigenvalue weighted by atomic mass is 9.88. The molecule has 1 aliphatic heterocycles. The van der Waals surface area contributed by atoms with Crippen LogP contribution in [0, 0.1) is 12.8 Å². The number of cyclic esters (lactones) is 1. The molecule has 0 unspecified atom stereocenters. The fraction of sp³-hybridized carbons (Fsp3) is 0.556. The minimum Gasteiger partial charge on any atom is -0.475 e. The maximum atomic E-state index is 11.5. The second-order valence-electron chi connectivity index (χ2n) is 6.79. The Morgan fingerprint density at radius 1 is 1.30 bits per heavy atom. The average molecular weight is 406 g/mol. The van der Waals surface area contributed by atoms with E-state index in [0.717, 1.165) is 17.0 Å². The third-order valence-corrected chi connectivity index (χ3v) is 6.19. The minimum atomic E-state index is -5.08. The van der Waals surface area contributed by atoms with Crippen LogP contribution in [0.5, 0.6) is 0 Å². The van der Waals surface area contributed by atoms with Gasteiger partial charge >= 0.3 is 18.1 Å². The van der Waals surface area contributed by atoms with Gasteiger partial charge in [0.25, 0.3) is 0 Å². The highest BCUT2D eigenvalue weighted by molar-refractivity contribution is 7.99. The normalized spacial score (nSPS) is 21.7. The smallest absolute Gasteiger partial charge is 0.475 e. The Kier molecular flexibility index (Phi) is 7.16. The van der Waals surface area contributed by atoms with Crippen molar-refractivity contribution in [3.05, 3.63) is 28.8 Å². The van der Waals surface area contributed by atoms with Crippen LogP contribution in [-0.4, -0.2) is 35.0 Å². The summed E-state index contributed by atoms with van der Waals surface area (Å²) in [6.45, 7) is 2.55. The van der Waals surface area contributed by atoms with Gasteiger partial charge in [-0.2, -0.15) is 13.2 Å². The molecule has 150 valence electrons. The van der Waals surface area contributed by atoms with Crippen LogP contribution in [0.15, 0.2) is 17.0 Å². The van der Waals surface area contributed by atoms with Gasteiger partial charge < -0.3 is 15.6 Å². The molecular weight excluding hydrogens is 383 g/mol. The topological polar surface area (TPSA) is 91.2 Å². The monoisotopic (exact) mass is 406 g/mol. The number of benzene rings is 1. The number of fused-ring (bicyclic) bond motifs is 1. The summed E-state index contributed by atoms with van der Waals surface area (Å²) >= 11 is 1.93. The maximum Gasteiger partial charge on any atom is 0.490 e. The lowest BCUT2D eigenvalue weighted by Crippen LogP contribution is -2.61. The highest BCUT2D eigenvalue weighted by Gasteiger charge is 2.38. The zero-order chi connectivity index (χ0) is 20.2. The van der Waals surface area contributed by atoms with Gasteiger partial charge in [-0.05, 0) is 56.2 Å². The zero-order valence-corrected chi connectivity index (χ0v) is 15.8. The Bertz CT molecular complexity index is 701. The molecule has 3 rings (SSSR count). The molecule has 27 heavy (non-hydrogen) atoms. The molecule has 0 amide bonds. The molecule has 9 heteroatoms. The molecule has 0 atom stereocenters. The first-order chi connectivity index (χ1) is 12.6. The number of carboxylic acid groups (broad SMARTS) is 1. The van der Waals surface area contributed by atoms with Crippen LogP contribution < -0.4 is 5.73 Å². The second kappa shape index (κ2) is 8.97. The van der Waals surface area contributed by atoms with Crippen LogP contribution in [0.4, 0.5) is 13.2 Å². The number of carbonyl (C=O) groups excluding carboxylic acids is 1. The fourth-order valence-electron chi connectivity index (χ4n) is 3.09. The van der Waals surface area contributed by atoms with E-state index in [4.69, 9.17) is 14.6 Å². The summed E-state index contributed by atoms with van der Waals surface area (Å²) in [5, 5.41) is 7.12. The largest absolute Gasteiger partial charge is 0.490 e. The van der Waals surface area contributed by atoms with Gasteiger partial charge in [-0.15, -0.1) is 11.8 Å². The van der Waals surface area contributed by atoms with Crippen molar-refractivity contribution in [2.75, 3.05) is 5.75 Å². The Morgan fingerprint density at radius 3 is 2.44 bits per heavy atom. The average Bonchev–Trinajstić information content (AvgIpc) is 2.97. The number of rotatable bonds is 3. The SMILES string of the molecule is Cc1c(SCC2CCC([NH3+])CC2)ccc2c1COC2=O.O=C(O)C(F)(F)F. The maximum absolute atomic E-state index is 11.5. The number of aliphatic carboxylic acids is 1. The third-order valence-electron chi connectivity index (χ3n) is 4.80. The van der Waals surface area contributed by atoms with E-state index in [1.807, 2.05) is 17.8 Å². The summed E-state index contributed by atoms with van der Waals surface area (Å²) < 4.78 is 36.8. The summed E-state index contributed by atoms with van der Waals surface area (Å²) in [5.74, 6) is -0.925. The predicted molar refractivity (Wildman–Crippen MR) is 93.3 cm³/mol. The van der Waals surface area contributed by atoms with Gasteiger partial charge in [0.05, 0.1) is 11.6 Å². The van der Waals surface area contributed by atoms with Gasteiger partial charge in [0.2, 0.25) is 0 Å². The van der Waals surface area contributed by atoms with Crippen LogP contribution >= 0.6 is 11.8 Å². The molecule has 0 bridgehead atoms. The van der Waals surface area contributed by atoms with E-state index < -0.39 is 12.1 Å². The van der Waals surface area contributed by atoms with Crippen LogP contribution in [0.1, 0.15) is 47.2 Å². The number of hydrogen-bond donors (Lipinski definition) is 2. The van der Waals surface area contributed by atoms with E-state index in [1.54, 1.807) is 0 Å². The van der Waals surface area contributed by atoms with Gasteiger partial charge in [-0.1, -0.05) is 0 Å². The number of esters is 1. The van der Waals surface area contributed by atoms with Crippen molar-refractivity contribution in [1.82, 2.24) is 0 Å². The third kappa shape index (κ3) is 5.87. The van der Waals surface area contributed by atoms with Crippen molar-refractivity contribution in [1.29, 1.82) is 0 Å². The van der Waals surface area contributed by atoms with Crippen molar-refractivity contribution >= 4 is 23.7 Å². The van der Waals surface area contributed by atoms with Crippen molar-refractivity contribution in [3.63, 3.8) is 0 Å². The number of halogens is 3. The summed E-state index contributed by atoms with van der Waals surface area (Å²) in [6.07, 6.45) is 0.0903. The number of carbonyl (C=O) groups is 2. The Balaban J connectivity index is 0.000000321. The molecule has 1 heterocycles. The van der Waals surface area contributed by atoms with Gasteiger partial charge in [-0.25, -0.2) is 9.59 Å². The number of hydrogen-bond acceptors (Lipinski definition) is 4. The molecule has 2 aliphatic rings. The lowest BCUT2D eigenvalue weighted by molar-refractivity contribution is -0.426. The van der Waals surface area contributed by atoms with Crippen molar-refractivity contribution in [2.24, 2.45) is 5.92 Å². The van der Waals surface area contributed by atoms with Crippen molar-refractivity contribution in [3.8, 4) is 0 Å². The number of thioether (sulfide) groups is 1. The molecule has 1 aliphatic carbocycles. The molecule has 0 radical (unpaired) electrons. The minimum absolute atomic E-state index is 0.173. The van der Waals surface area contributed by atoms with Gasteiger partial charge in [-0.3, -0.25) is 0 Å². The van der Waals surface area contributed by atoms with Crippen molar-refractivity contribution in [2.45, 2.75) is 56.3 Å². The van der Waals surface area contributed by atoms with Crippen LogP contribution in [0.3, 0.4) is 0 Å². The predicted octanol–water partition coefficient (Wildman–Crippen LogP) is 3.19. The van der Waals surface area contributed by atoms with E-state index in [0.29, 0.717) is 12.6 Å². The molecule has 1 aromatic carbocycles. The first-order valence-electron chi connectivity index (χ1n) is 8.65. The number of alkyl halides is 3. The molecule has 1 aromatic rings. The standard InChI is InChI=1S/C16H21NO2S.C2HF3O2/c1-10-14-8-19-16(18)13(14)6-7-15(10)20-9-11-2-4-12(17)5-3-11;3-2(4,5)1(6)7/h6-7,11-12H,2-5,8-9,17H2,1H3;(H,6,7)/p+1. The lowest BCUT2D eigenvalue weighted by Gasteiger charge is -2.24. The number of carboxylic acids is 1. The molecule has 5 nitrogen and oxygen atoms in total. The first-order valence-corrected chi connectivity index (χ1v) is 9.63. The quantitative estimate of drug-likeness (QED) is 0.594. The van der Waals surface area contributed by atoms with Gasteiger partial charge in [0.15, 0.2) is 0 Å². The number of quaternary nitrogens is 1. The Hall–Kier alpha value is -1.74. The molecular formula is C18H23F3NO4S+. The van der Waals surface area contributed by atoms with Crippen LogP contribution in [0.2, 0.25) is 0 Å². The Morgan fingerprint density at radius 2 is 1.89 bits per heavy atom. The second-order valence-corrected chi connectivity index (χ2v) is 7.85. The first kappa shape index (κ1) is 21.6. The van der Waals surface area contributed by atoms with E-state index in [9.17, 15) is 18.0 Å². The molecule has 0 spiro atoms. The molecule has 4 N–H and O–H groups in total. The summed E-state index contributed by atoms with van der Waals surface area (Å²) in [7, 11) is 0. The van der Waals surface area contributed by atoms with Crippen molar-refractivity contribution < 1.29 is 38.3 Å². The molecule has 0 aromatic heterocycles. The molecule has 1 saturated carbocycles. The molecule has 0 saturated heterocycles.